The number of hydrogen-bond donors (Lipinski definition) is 1. The second-order valence-electron chi connectivity index (χ2n) is 12.1. The predicted molar refractivity (Wildman–Crippen MR) is 119 cm³/mol. The van der Waals surface area contributed by atoms with Gasteiger partial charge in [0.15, 0.2) is 0 Å². The number of Topliss-reactive ketones (excluding diaryl/α,β-unsaturated/α-hetero) is 1. The molecule has 0 amide bonds. The molecular formula is C27H44O2. The lowest BCUT2D eigenvalue weighted by Gasteiger charge is -2.60. The van der Waals surface area contributed by atoms with Crippen LogP contribution in [-0.4, -0.2) is 17.0 Å². The van der Waals surface area contributed by atoms with Crippen molar-refractivity contribution in [3.8, 4) is 0 Å². The molecular weight excluding hydrogens is 356 g/mol. The Labute approximate surface area is 178 Å². The minimum Gasteiger partial charge on any atom is -0.393 e. The molecule has 3 saturated carbocycles. The topological polar surface area (TPSA) is 37.3 Å². The molecule has 0 bridgehead atoms. The largest absolute Gasteiger partial charge is 0.393 e. The van der Waals surface area contributed by atoms with Crippen molar-refractivity contribution in [1.29, 1.82) is 0 Å². The monoisotopic (exact) mass is 400 g/mol. The first-order chi connectivity index (χ1) is 13.7. The number of rotatable bonds is 5. The number of hydrogen-bond acceptors (Lipinski definition) is 2. The normalized spacial score (nSPS) is 45.4. The molecule has 3 fully saturated rings. The van der Waals surface area contributed by atoms with Gasteiger partial charge in [-0.05, 0) is 78.4 Å². The van der Waals surface area contributed by atoms with E-state index in [0.717, 1.165) is 37.0 Å². The van der Waals surface area contributed by atoms with Crippen molar-refractivity contribution in [2.45, 2.75) is 105 Å². The molecule has 0 heterocycles. The number of aliphatic hydroxyl groups excluding tert-OH is 1. The number of aliphatic hydroxyl groups is 1. The van der Waals surface area contributed by atoms with Crippen LogP contribution in [0.4, 0.5) is 0 Å². The molecule has 2 heteroatoms. The highest BCUT2D eigenvalue weighted by atomic mass is 16.3. The molecule has 0 spiro atoms. The van der Waals surface area contributed by atoms with Gasteiger partial charge in [-0.1, -0.05) is 65.5 Å². The fraction of sp³-hybridized carbons (Fsp3) is 0.889. The number of ketones is 1. The molecule has 2 unspecified atom stereocenters. The van der Waals surface area contributed by atoms with Gasteiger partial charge < -0.3 is 5.11 Å². The van der Waals surface area contributed by atoms with E-state index in [2.05, 4.69) is 40.7 Å². The summed E-state index contributed by atoms with van der Waals surface area (Å²) in [7, 11) is 0. The summed E-state index contributed by atoms with van der Waals surface area (Å²) in [4.78, 5) is 12.1. The molecule has 4 rings (SSSR count). The third-order valence-corrected chi connectivity index (χ3v) is 10.1. The maximum absolute atomic E-state index is 12.1. The SMILES string of the molecule is CC(C)CCC[C@@H](C)[C@H]1CC=C2[C@@H]3CC(O)C4CC(=O)CC[C@]4(C)[C@H]3CC[C@@]21C. The minimum atomic E-state index is -0.295. The van der Waals surface area contributed by atoms with Crippen molar-refractivity contribution in [1.82, 2.24) is 0 Å². The van der Waals surface area contributed by atoms with E-state index in [1.165, 1.54) is 38.5 Å². The molecule has 29 heavy (non-hydrogen) atoms. The maximum Gasteiger partial charge on any atom is 0.133 e. The summed E-state index contributed by atoms with van der Waals surface area (Å²) < 4.78 is 0. The smallest absolute Gasteiger partial charge is 0.133 e. The number of carbonyl (C=O) groups is 1. The predicted octanol–water partition coefficient (Wildman–Crippen LogP) is 6.57. The molecule has 4 aliphatic rings. The van der Waals surface area contributed by atoms with Crippen molar-refractivity contribution < 1.29 is 9.90 Å². The average Bonchev–Trinajstić information content (AvgIpc) is 3.00. The van der Waals surface area contributed by atoms with Gasteiger partial charge in [0.1, 0.15) is 5.78 Å². The van der Waals surface area contributed by atoms with Gasteiger partial charge >= 0.3 is 0 Å². The standard InChI is InChI=1S/C27H44O2/c1-17(2)7-6-8-18(3)21-9-10-22-20-16-25(29)24-15-19(28)11-13-27(24,5)23(20)12-14-26(21,22)4/h10,17-18,20-21,23-25,29H,6-9,11-16H2,1-5H3/t18-,20+,21-,23+,24?,25?,26-,27-/m1/s1. The summed E-state index contributed by atoms with van der Waals surface area (Å²) in [5.41, 5.74) is 2.19. The Morgan fingerprint density at radius 3 is 2.62 bits per heavy atom. The van der Waals surface area contributed by atoms with Crippen LogP contribution in [0.1, 0.15) is 98.8 Å². The van der Waals surface area contributed by atoms with Gasteiger partial charge in [-0.25, -0.2) is 0 Å². The fourth-order valence-corrected chi connectivity index (χ4v) is 8.36. The Bertz CT molecular complexity index is 663. The second kappa shape index (κ2) is 7.81. The van der Waals surface area contributed by atoms with Gasteiger partial charge in [0.05, 0.1) is 6.10 Å². The van der Waals surface area contributed by atoms with Crippen LogP contribution in [0.25, 0.3) is 0 Å². The van der Waals surface area contributed by atoms with Crippen molar-refractivity contribution in [2.24, 2.45) is 46.3 Å². The molecule has 0 aliphatic heterocycles. The average molecular weight is 401 g/mol. The third-order valence-electron chi connectivity index (χ3n) is 10.1. The second-order valence-corrected chi connectivity index (χ2v) is 12.1. The first-order valence-corrected chi connectivity index (χ1v) is 12.6. The van der Waals surface area contributed by atoms with E-state index in [0.29, 0.717) is 29.5 Å². The highest BCUT2D eigenvalue weighted by Gasteiger charge is 2.60. The summed E-state index contributed by atoms with van der Waals surface area (Å²) in [6.45, 7) is 12.1. The lowest BCUT2D eigenvalue weighted by Crippen LogP contribution is -2.56. The van der Waals surface area contributed by atoms with E-state index >= 15 is 0 Å². The lowest BCUT2D eigenvalue weighted by atomic mass is 9.45. The summed E-state index contributed by atoms with van der Waals surface area (Å²) in [5, 5.41) is 11.1. The summed E-state index contributed by atoms with van der Waals surface area (Å²) in [6.07, 6.45) is 13.5. The van der Waals surface area contributed by atoms with E-state index in [4.69, 9.17) is 0 Å². The molecule has 0 radical (unpaired) electrons. The molecule has 0 aromatic heterocycles. The molecule has 4 aliphatic carbocycles. The zero-order valence-electron chi connectivity index (χ0n) is 19.5. The first-order valence-electron chi connectivity index (χ1n) is 12.6. The summed E-state index contributed by atoms with van der Waals surface area (Å²) in [6, 6.07) is 0. The van der Waals surface area contributed by atoms with E-state index in [9.17, 15) is 9.90 Å². The Hall–Kier alpha value is -0.630. The van der Waals surface area contributed by atoms with Gasteiger partial charge in [-0.2, -0.15) is 0 Å². The molecule has 0 aromatic carbocycles. The van der Waals surface area contributed by atoms with Crippen LogP contribution in [0.2, 0.25) is 0 Å². The Balaban J connectivity index is 1.52. The van der Waals surface area contributed by atoms with Gasteiger partial charge in [0.2, 0.25) is 0 Å². The molecule has 0 aromatic rings. The number of fused-ring (bicyclic) bond motifs is 5. The zero-order chi connectivity index (χ0) is 21.0. The van der Waals surface area contributed by atoms with E-state index in [1.807, 2.05) is 0 Å². The summed E-state index contributed by atoms with van der Waals surface area (Å²) >= 11 is 0. The van der Waals surface area contributed by atoms with Crippen molar-refractivity contribution in [3.63, 3.8) is 0 Å². The van der Waals surface area contributed by atoms with Crippen LogP contribution in [0.3, 0.4) is 0 Å². The zero-order valence-corrected chi connectivity index (χ0v) is 19.5. The Kier molecular flexibility index (Phi) is 5.82. The van der Waals surface area contributed by atoms with Gasteiger partial charge in [-0.15, -0.1) is 0 Å². The molecule has 0 saturated heterocycles. The van der Waals surface area contributed by atoms with Gasteiger partial charge in [0, 0.05) is 12.8 Å². The Morgan fingerprint density at radius 2 is 1.90 bits per heavy atom. The fourth-order valence-electron chi connectivity index (χ4n) is 8.36. The molecule has 8 atom stereocenters. The quantitative estimate of drug-likeness (QED) is 0.530. The van der Waals surface area contributed by atoms with Crippen LogP contribution < -0.4 is 0 Å². The lowest BCUT2D eigenvalue weighted by molar-refractivity contribution is -0.146. The minimum absolute atomic E-state index is 0.152. The number of allylic oxidation sites excluding steroid dienone is 2. The highest BCUT2D eigenvalue weighted by Crippen LogP contribution is 2.66. The van der Waals surface area contributed by atoms with Gasteiger partial charge in [0.25, 0.3) is 0 Å². The van der Waals surface area contributed by atoms with Crippen LogP contribution in [-0.2, 0) is 4.79 Å². The first kappa shape index (κ1) is 21.6. The molecule has 1 N–H and O–H groups in total. The van der Waals surface area contributed by atoms with Crippen molar-refractivity contribution in [3.05, 3.63) is 11.6 Å². The van der Waals surface area contributed by atoms with Crippen LogP contribution in [0.5, 0.6) is 0 Å². The van der Waals surface area contributed by atoms with Crippen LogP contribution >= 0.6 is 0 Å². The molecule has 164 valence electrons. The van der Waals surface area contributed by atoms with E-state index in [-0.39, 0.29) is 17.4 Å². The van der Waals surface area contributed by atoms with Crippen LogP contribution in [0, 0.1) is 46.3 Å². The van der Waals surface area contributed by atoms with E-state index < -0.39 is 0 Å². The van der Waals surface area contributed by atoms with E-state index in [1.54, 1.807) is 5.57 Å². The summed E-state index contributed by atoms with van der Waals surface area (Å²) in [5.74, 6) is 4.16. The third kappa shape index (κ3) is 3.56. The Morgan fingerprint density at radius 1 is 1.14 bits per heavy atom. The highest BCUT2D eigenvalue weighted by molar-refractivity contribution is 5.79. The van der Waals surface area contributed by atoms with Crippen molar-refractivity contribution in [2.75, 3.05) is 0 Å². The van der Waals surface area contributed by atoms with Crippen molar-refractivity contribution >= 4 is 5.78 Å². The number of carbonyl (C=O) groups excluding carboxylic acids is 1. The molecule has 2 nitrogen and oxygen atoms in total. The van der Waals surface area contributed by atoms with Crippen LogP contribution in [0.15, 0.2) is 11.6 Å². The maximum atomic E-state index is 12.1. The van der Waals surface area contributed by atoms with Gasteiger partial charge in [-0.3, -0.25) is 4.79 Å².